The lowest BCUT2D eigenvalue weighted by atomic mass is 9.99. The molecule has 0 amide bonds. The lowest BCUT2D eigenvalue weighted by Gasteiger charge is -2.30. The summed E-state index contributed by atoms with van der Waals surface area (Å²) in [7, 11) is 0. The van der Waals surface area contributed by atoms with Gasteiger partial charge in [0.2, 0.25) is 0 Å². The van der Waals surface area contributed by atoms with Crippen LogP contribution in [0.2, 0.25) is 0 Å². The fourth-order valence-corrected chi connectivity index (χ4v) is 3.83. The normalized spacial score (nSPS) is 15.7. The maximum absolute atomic E-state index is 6.23. The summed E-state index contributed by atoms with van der Waals surface area (Å²) in [4.78, 5) is 8.37. The standard InChI is InChI=1S/C15H19N3S/c1-10(2)18-8-6-11-13(9-18)19-15(16)14(11)12-5-3-4-7-17-12/h3-5,7,10H,6,8-9,16H2,1-2H3. The van der Waals surface area contributed by atoms with E-state index in [4.69, 9.17) is 5.73 Å². The first-order chi connectivity index (χ1) is 9.16. The summed E-state index contributed by atoms with van der Waals surface area (Å²) in [6.45, 7) is 6.64. The molecule has 0 saturated heterocycles. The SMILES string of the molecule is CC(C)N1CCc2c(sc(N)c2-c2ccccn2)C1. The van der Waals surface area contributed by atoms with E-state index in [0.29, 0.717) is 6.04 Å². The number of fused-ring (bicyclic) bond motifs is 1. The van der Waals surface area contributed by atoms with Crippen LogP contribution in [0.1, 0.15) is 24.3 Å². The maximum atomic E-state index is 6.23. The van der Waals surface area contributed by atoms with Crippen LogP contribution in [0.3, 0.4) is 0 Å². The van der Waals surface area contributed by atoms with Crippen molar-refractivity contribution in [1.29, 1.82) is 0 Å². The van der Waals surface area contributed by atoms with Gasteiger partial charge in [-0.15, -0.1) is 11.3 Å². The smallest absolute Gasteiger partial charge is 0.0958 e. The number of pyridine rings is 1. The lowest BCUT2D eigenvalue weighted by molar-refractivity contribution is 0.206. The summed E-state index contributed by atoms with van der Waals surface area (Å²) in [5, 5.41) is 0.911. The molecule has 0 aromatic carbocycles. The molecule has 0 saturated carbocycles. The second-order valence-electron chi connectivity index (χ2n) is 5.27. The van der Waals surface area contributed by atoms with Crippen LogP contribution in [0.25, 0.3) is 11.3 Å². The molecule has 100 valence electrons. The van der Waals surface area contributed by atoms with E-state index < -0.39 is 0 Å². The van der Waals surface area contributed by atoms with Crippen molar-refractivity contribution in [2.24, 2.45) is 0 Å². The molecule has 0 aliphatic carbocycles. The molecule has 3 rings (SSSR count). The molecule has 3 nitrogen and oxygen atoms in total. The van der Waals surface area contributed by atoms with Gasteiger partial charge in [-0.25, -0.2) is 0 Å². The first kappa shape index (κ1) is 12.6. The van der Waals surface area contributed by atoms with Crippen LogP contribution in [0.5, 0.6) is 0 Å². The van der Waals surface area contributed by atoms with Crippen molar-refractivity contribution >= 4 is 16.3 Å². The number of nitrogen functional groups attached to an aromatic ring is 1. The Morgan fingerprint density at radius 1 is 1.37 bits per heavy atom. The van der Waals surface area contributed by atoms with Crippen molar-refractivity contribution in [3.05, 3.63) is 34.8 Å². The molecule has 3 heterocycles. The minimum absolute atomic E-state index is 0.592. The van der Waals surface area contributed by atoms with Gasteiger partial charge in [0.25, 0.3) is 0 Å². The fourth-order valence-electron chi connectivity index (χ4n) is 2.68. The van der Waals surface area contributed by atoms with Gasteiger partial charge < -0.3 is 5.73 Å². The van der Waals surface area contributed by atoms with Crippen LogP contribution in [0.15, 0.2) is 24.4 Å². The number of hydrogen-bond donors (Lipinski definition) is 1. The third-order valence-corrected chi connectivity index (χ3v) is 4.81. The predicted octanol–water partition coefficient (Wildman–Crippen LogP) is 3.16. The van der Waals surface area contributed by atoms with Crippen molar-refractivity contribution in [2.45, 2.75) is 32.9 Å². The minimum Gasteiger partial charge on any atom is -0.390 e. The van der Waals surface area contributed by atoms with Crippen molar-refractivity contribution in [3.63, 3.8) is 0 Å². The average Bonchev–Trinajstić information content (AvgIpc) is 2.74. The predicted molar refractivity (Wildman–Crippen MR) is 81.2 cm³/mol. The topological polar surface area (TPSA) is 42.1 Å². The van der Waals surface area contributed by atoms with E-state index in [0.717, 1.165) is 30.2 Å². The Balaban J connectivity index is 2.01. The first-order valence-corrected chi connectivity index (χ1v) is 7.54. The summed E-state index contributed by atoms with van der Waals surface area (Å²) in [6, 6.07) is 6.61. The second-order valence-corrected chi connectivity index (χ2v) is 6.41. The quantitative estimate of drug-likeness (QED) is 0.914. The molecule has 2 aromatic rings. The van der Waals surface area contributed by atoms with Gasteiger partial charge in [0.15, 0.2) is 0 Å². The minimum atomic E-state index is 0.592. The van der Waals surface area contributed by atoms with E-state index in [-0.39, 0.29) is 0 Å². The van der Waals surface area contributed by atoms with Gasteiger partial charge in [0.05, 0.1) is 10.7 Å². The van der Waals surface area contributed by atoms with Crippen LogP contribution in [0, 0.1) is 0 Å². The highest BCUT2D eigenvalue weighted by Crippen LogP contribution is 2.41. The average molecular weight is 273 g/mol. The highest BCUT2D eigenvalue weighted by molar-refractivity contribution is 7.16. The molecule has 4 heteroatoms. The van der Waals surface area contributed by atoms with Gasteiger partial charge >= 0.3 is 0 Å². The molecule has 1 aliphatic heterocycles. The zero-order valence-corrected chi connectivity index (χ0v) is 12.2. The molecule has 0 radical (unpaired) electrons. The van der Waals surface area contributed by atoms with Crippen molar-refractivity contribution in [1.82, 2.24) is 9.88 Å². The van der Waals surface area contributed by atoms with E-state index >= 15 is 0 Å². The number of aromatic nitrogens is 1. The number of nitrogens with zero attached hydrogens (tertiary/aromatic N) is 2. The summed E-state index contributed by atoms with van der Waals surface area (Å²) in [5.74, 6) is 0. The van der Waals surface area contributed by atoms with Crippen LogP contribution in [0.4, 0.5) is 5.00 Å². The van der Waals surface area contributed by atoms with Crippen molar-refractivity contribution in [2.75, 3.05) is 12.3 Å². The van der Waals surface area contributed by atoms with E-state index in [1.165, 1.54) is 16.0 Å². The third-order valence-electron chi connectivity index (χ3n) is 3.76. The van der Waals surface area contributed by atoms with E-state index in [1.54, 1.807) is 11.3 Å². The van der Waals surface area contributed by atoms with Gasteiger partial charge in [0.1, 0.15) is 0 Å². The van der Waals surface area contributed by atoms with Crippen LogP contribution in [-0.2, 0) is 13.0 Å². The monoisotopic (exact) mass is 273 g/mol. The molecule has 19 heavy (non-hydrogen) atoms. The van der Waals surface area contributed by atoms with Crippen LogP contribution >= 0.6 is 11.3 Å². The molecule has 1 aliphatic rings. The summed E-state index contributed by atoms with van der Waals surface area (Å²) < 4.78 is 0. The fraction of sp³-hybridized carbons (Fsp3) is 0.400. The third kappa shape index (κ3) is 2.26. The molecule has 0 unspecified atom stereocenters. The largest absolute Gasteiger partial charge is 0.390 e. The molecule has 2 aromatic heterocycles. The van der Waals surface area contributed by atoms with Gasteiger partial charge in [-0.3, -0.25) is 9.88 Å². The first-order valence-electron chi connectivity index (χ1n) is 6.72. The summed E-state index contributed by atoms with van der Waals surface area (Å²) >= 11 is 1.73. The Hall–Kier alpha value is -1.39. The Morgan fingerprint density at radius 2 is 2.21 bits per heavy atom. The van der Waals surface area contributed by atoms with Crippen molar-refractivity contribution in [3.8, 4) is 11.3 Å². The number of thiophene rings is 1. The van der Waals surface area contributed by atoms with Gasteiger partial charge in [-0.2, -0.15) is 0 Å². The summed E-state index contributed by atoms with van der Waals surface area (Å²) in [6.07, 6.45) is 2.91. The Morgan fingerprint density at radius 3 is 2.89 bits per heavy atom. The second kappa shape index (κ2) is 4.94. The van der Waals surface area contributed by atoms with Crippen LogP contribution < -0.4 is 5.73 Å². The maximum Gasteiger partial charge on any atom is 0.0958 e. The highest BCUT2D eigenvalue weighted by Gasteiger charge is 2.25. The summed E-state index contributed by atoms with van der Waals surface area (Å²) in [5.41, 5.74) is 9.83. The zero-order valence-electron chi connectivity index (χ0n) is 11.4. The van der Waals surface area contributed by atoms with Crippen molar-refractivity contribution < 1.29 is 0 Å². The van der Waals surface area contributed by atoms with E-state index in [9.17, 15) is 0 Å². The van der Waals surface area contributed by atoms with Gasteiger partial charge in [-0.05, 0) is 38.0 Å². The highest BCUT2D eigenvalue weighted by atomic mass is 32.1. The number of hydrogen-bond acceptors (Lipinski definition) is 4. The number of nitrogens with two attached hydrogens (primary N) is 1. The molecular weight excluding hydrogens is 254 g/mol. The van der Waals surface area contributed by atoms with Crippen LogP contribution in [-0.4, -0.2) is 22.5 Å². The van der Waals surface area contributed by atoms with E-state index in [1.807, 2.05) is 24.4 Å². The Bertz CT molecular complexity index is 575. The molecule has 0 fully saturated rings. The van der Waals surface area contributed by atoms with Gasteiger partial charge in [-0.1, -0.05) is 6.07 Å². The number of anilines is 1. The Labute approximate surface area is 118 Å². The molecule has 0 spiro atoms. The Kier molecular flexibility index (Phi) is 3.29. The zero-order chi connectivity index (χ0) is 13.4. The molecular formula is C15H19N3S. The van der Waals surface area contributed by atoms with Gasteiger partial charge in [0, 0.05) is 35.8 Å². The lowest BCUT2D eigenvalue weighted by Crippen LogP contribution is -2.35. The van der Waals surface area contributed by atoms with E-state index in [2.05, 4.69) is 23.7 Å². The molecule has 2 N–H and O–H groups in total. The number of rotatable bonds is 2. The molecule has 0 atom stereocenters. The molecule has 0 bridgehead atoms.